The van der Waals surface area contributed by atoms with E-state index >= 15 is 0 Å². The third-order valence-corrected chi connectivity index (χ3v) is 7.86. The molecule has 0 bridgehead atoms. The molecule has 0 unspecified atom stereocenters. The molecule has 1 fully saturated rings. The van der Waals surface area contributed by atoms with Crippen LogP contribution in [0.1, 0.15) is 30.3 Å². The molecule has 0 saturated carbocycles. The van der Waals surface area contributed by atoms with E-state index in [2.05, 4.69) is 10.3 Å². The zero-order valence-corrected chi connectivity index (χ0v) is 19.1. The average Bonchev–Trinajstić information content (AvgIpc) is 3.25. The van der Waals surface area contributed by atoms with Crippen molar-refractivity contribution in [1.29, 1.82) is 0 Å². The Labute approximate surface area is 195 Å². The van der Waals surface area contributed by atoms with Gasteiger partial charge in [-0.05, 0) is 48.7 Å². The quantitative estimate of drug-likeness (QED) is 0.573. The van der Waals surface area contributed by atoms with Crippen molar-refractivity contribution < 1.29 is 26.4 Å². The van der Waals surface area contributed by atoms with Crippen molar-refractivity contribution in [2.75, 3.05) is 13.1 Å². The van der Waals surface area contributed by atoms with E-state index < -0.39 is 44.3 Å². The molecule has 180 valence electrons. The standard InChI is InChI=1S/C23H23F3N4O3S/c1-29-13-10-27-22(29)21(15-2-4-17(24)5-3-15)28-23(31)16-8-11-30(12-9-16)34(32,33)20-14-18(25)6-7-19(20)26/h2-7,10,13-14,16,21H,8-9,11-12H2,1H3,(H,28,31)/t21-/m0/s1. The van der Waals surface area contributed by atoms with Gasteiger partial charge in [0.15, 0.2) is 0 Å². The van der Waals surface area contributed by atoms with Gasteiger partial charge in [-0.2, -0.15) is 4.31 Å². The Bertz CT molecular complexity index is 1290. The summed E-state index contributed by atoms with van der Waals surface area (Å²) in [5.41, 5.74) is 0.644. The van der Waals surface area contributed by atoms with E-state index in [1.807, 2.05) is 0 Å². The van der Waals surface area contributed by atoms with E-state index in [-0.39, 0.29) is 31.8 Å². The predicted octanol–water partition coefficient (Wildman–Crippen LogP) is 3.14. The number of nitrogens with zero attached hydrogens (tertiary/aromatic N) is 3. The maximum Gasteiger partial charge on any atom is 0.246 e. The van der Waals surface area contributed by atoms with E-state index in [1.54, 1.807) is 36.1 Å². The molecule has 1 aromatic heterocycles. The summed E-state index contributed by atoms with van der Waals surface area (Å²) >= 11 is 0. The lowest BCUT2D eigenvalue weighted by Gasteiger charge is -2.31. The fourth-order valence-corrected chi connectivity index (χ4v) is 5.59. The van der Waals surface area contributed by atoms with Crippen molar-refractivity contribution in [2.45, 2.75) is 23.8 Å². The van der Waals surface area contributed by atoms with Crippen molar-refractivity contribution in [3.8, 4) is 0 Å². The highest BCUT2D eigenvalue weighted by atomic mass is 32.2. The van der Waals surface area contributed by atoms with Crippen LogP contribution in [0.5, 0.6) is 0 Å². The number of carbonyl (C=O) groups is 1. The van der Waals surface area contributed by atoms with E-state index in [9.17, 15) is 26.4 Å². The number of benzene rings is 2. The Morgan fingerprint density at radius 2 is 1.71 bits per heavy atom. The number of carbonyl (C=O) groups excluding carboxylic acids is 1. The highest BCUT2D eigenvalue weighted by Crippen LogP contribution is 2.28. The number of sulfonamides is 1. The summed E-state index contributed by atoms with van der Waals surface area (Å²) in [5, 5.41) is 2.95. The predicted molar refractivity (Wildman–Crippen MR) is 117 cm³/mol. The molecule has 0 radical (unpaired) electrons. The molecule has 0 aliphatic carbocycles. The fraction of sp³-hybridized carbons (Fsp3) is 0.304. The number of rotatable bonds is 6. The van der Waals surface area contributed by atoms with Gasteiger partial charge in [-0.25, -0.2) is 26.6 Å². The molecule has 7 nitrogen and oxygen atoms in total. The maximum absolute atomic E-state index is 14.1. The molecule has 2 heterocycles. The number of hydrogen-bond acceptors (Lipinski definition) is 4. The van der Waals surface area contributed by atoms with Crippen LogP contribution in [0.3, 0.4) is 0 Å². The van der Waals surface area contributed by atoms with Crippen LogP contribution >= 0.6 is 0 Å². The molecule has 1 aliphatic rings. The summed E-state index contributed by atoms with van der Waals surface area (Å²) < 4.78 is 69.4. The first-order valence-electron chi connectivity index (χ1n) is 10.6. The topological polar surface area (TPSA) is 84.3 Å². The fourth-order valence-electron chi connectivity index (χ4n) is 4.04. The third-order valence-electron chi connectivity index (χ3n) is 5.94. The monoisotopic (exact) mass is 492 g/mol. The lowest BCUT2D eigenvalue weighted by Crippen LogP contribution is -2.44. The minimum absolute atomic E-state index is 0.0139. The van der Waals surface area contributed by atoms with E-state index in [1.165, 1.54) is 12.1 Å². The Hall–Kier alpha value is -3.18. The Balaban J connectivity index is 1.47. The van der Waals surface area contributed by atoms with Crippen LogP contribution in [0.2, 0.25) is 0 Å². The van der Waals surface area contributed by atoms with Crippen molar-refractivity contribution in [3.63, 3.8) is 0 Å². The summed E-state index contributed by atoms with van der Waals surface area (Å²) in [7, 11) is -2.46. The van der Waals surface area contributed by atoms with Gasteiger partial charge >= 0.3 is 0 Å². The number of aromatic nitrogens is 2. The second-order valence-corrected chi connectivity index (χ2v) is 10.0. The van der Waals surface area contributed by atoms with E-state index in [4.69, 9.17) is 0 Å². The normalized spacial score (nSPS) is 16.4. The van der Waals surface area contributed by atoms with Gasteiger partial charge in [-0.1, -0.05) is 12.1 Å². The lowest BCUT2D eigenvalue weighted by molar-refractivity contribution is -0.126. The number of hydrogen-bond donors (Lipinski definition) is 1. The minimum atomic E-state index is -4.24. The molecule has 11 heteroatoms. The molecule has 3 aromatic rings. The summed E-state index contributed by atoms with van der Waals surface area (Å²) in [6, 6.07) is 7.38. The lowest BCUT2D eigenvalue weighted by atomic mass is 9.96. The average molecular weight is 493 g/mol. The summed E-state index contributed by atoms with van der Waals surface area (Å²) in [4.78, 5) is 16.7. The van der Waals surface area contributed by atoms with Crippen molar-refractivity contribution >= 4 is 15.9 Å². The number of aryl methyl sites for hydroxylation is 1. The first-order chi connectivity index (χ1) is 16.2. The number of amides is 1. The van der Waals surface area contributed by atoms with Gasteiger partial charge < -0.3 is 9.88 Å². The van der Waals surface area contributed by atoms with Crippen LogP contribution in [0.15, 0.2) is 59.8 Å². The minimum Gasteiger partial charge on any atom is -0.342 e. The van der Waals surface area contributed by atoms with Crippen LogP contribution in [-0.2, 0) is 21.9 Å². The Morgan fingerprint density at radius 3 is 2.32 bits per heavy atom. The van der Waals surface area contributed by atoms with Gasteiger partial charge in [-0.15, -0.1) is 0 Å². The van der Waals surface area contributed by atoms with E-state index in [0.29, 0.717) is 17.5 Å². The first kappa shape index (κ1) is 24.0. The molecular weight excluding hydrogens is 469 g/mol. The molecule has 1 saturated heterocycles. The number of piperidine rings is 1. The number of halogens is 3. The second-order valence-electron chi connectivity index (χ2n) is 8.14. The summed E-state index contributed by atoms with van der Waals surface area (Å²) in [5.74, 6) is -2.52. The molecule has 1 amide bonds. The van der Waals surface area contributed by atoms with Gasteiger partial charge in [0.05, 0.1) is 0 Å². The first-order valence-corrected chi connectivity index (χ1v) is 12.1. The van der Waals surface area contributed by atoms with Gasteiger partial charge in [0, 0.05) is 38.4 Å². The maximum atomic E-state index is 14.1. The molecule has 0 spiro atoms. The van der Waals surface area contributed by atoms with Crippen LogP contribution in [-0.4, -0.2) is 41.3 Å². The molecule has 1 atom stereocenters. The molecule has 1 aliphatic heterocycles. The van der Waals surface area contributed by atoms with Crippen molar-refractivity contribution in [3.05, 3.63) is 83.7 Å². The van der Waals surface area contributed by atoms with Gasteiger partial charge in [0.1, 0.15) is 34.2 Å². The molecular formula is C23H23F3N4O3S. The highest BCUT2D eigenvalue weighted by molar-refractivity contribution is 7.89. The molecule has 4 rings (SSSR count). The number of imidazole rings is 1. The van der Waals surface area contributed by atoms with Crippen molar-refractivity contribution in [1.82, 2.24) is 19.2 Å². The third kappa shape index (κ3) is 4.85. The largest absolute Gasteiger partial charge is 0.342 e. The SMILES string of the molecule is Cn1ccnc1[C@@H](NC(=O)C1CCN(S(=O)(=O)c2cc(F)ccc2F)CC1)c1ccc(F)cc1. The van der Waals surface area contributed by atoms with Crippen LogP contribution in [0, 0.1) is 23.4 Å². The van der Waals surface area contributed by atoms with Gasteiger partial charge in [0.25, 0.3) is 0 Å². The van der Waals surface area contributed by atoms with E-state index in [0.717, 1.165) is 16.4 Å². The Morgan fingerprint density at radius 1 is 1.06 bits per heavy atom. The van der Waals surface area contributed by atoms with Gasteiger partial charge in [0.2, 0.25) is 15.9 Å². The Kier molecular flexibility index (Phi) is 6.76. The number of nitrogens with one attached hydrogen (secondary N) is 1. The zero-order valence-electron chi connectivity index (χ0n) is 18.3. The second kappa shape index (κ2) is 9.59. The van der Waals surface area contributed by atoms with Gasteiger partial charge in [-0.3, -0.25) is 4.79 Å². The molecule has 34 heavy (non-hydrogen) atoms. The van der Waals surface area contributed by atoms with Crippen molar-refractivity contribution in [2.24, 2.45) is 13.0 Å². The molecule has 1 N–H and O–H groups in total. The molecule has 2 aromatic carbocycles. The summed E-state index contributed by atoms with van der Waals surface area (Å²) in [6.45, 7) is -0.0278. The summed E-state index contributed by atoms with van der Waals surface area (Å²) in [6.07, 6.45) is 3.73. The highest BCUT2D eigenvalue weighted by Gasteiger charge is 2.35. The van der Waals surface area contributed by atoms with Crippen LogP contribution in [0.25, 0.3) is 0 Å². The van der Waals surface area contributed by atoms with Crippen LogP contribution in [0.4, 0.5) is 13.2 Å². The van der Waals surface area contributed by atoms with Crippen LogP contribution < -0.4 is 5.32 Å². The zero-order chi connectivity index (χ0) is 24.5. The smallest absolute Gasteiger partial charge is 0.246 e.